The minimum Gasteiger partial charge on any atom is -0.506 e. The summed E-state index contributed by atoms with van der Waals surface area (Å²) < 4.78 is 0. The molecule has 1 aliphatic heterocycles. The van der Waals surface area contributed by atoms with E-state index in [1.807, 2.05) is 36.4 Å². The molecule has 1 saturated heterocycles. The Morgan fingerprint density at radius 2 is 1.61 bits per heavy atom. The Kier molecular flexibility index (Phi) is 8.45. The summed E-state index contributed by atoms with van der Waals surface area (Å²) in [5, 5.41) is 16.9. The number of hydrogen-bond donors (Lipinski definition) is 3. The molecule has 8 nitrogen and oxygen atoms in total. The first-order chi connectivity index (χ1) is 18.0. The second kappa shape index (κ2) is 11.9. The molecule has 0 saturated carbocycles. The van der Waals surface area contributed by atoms with Gasteiger partial charge in [-0.15, -0.1) is 12.4 Å². The van der Waals surface area contributed by atoms with Crippen LogP contribution in [0.4, 0.5) is 17.1 Å². The number of nitrogens with one attached hydrogen (secondary N) is 2. The molecule has 1 aliphatic rings. The lowest BCUT2D eigenvalue weighted by Crippen LogP contribution is -2.28. The second-order valence-electron chi connectivity index (χ2n) is 9.22. The van der Waals surface area contributed by atoms with Crippen molar-refractivity contribution in [1.29, 1.82) is 0 Å². The predicted molar refractivity (Wildman–Crippen MR) is 154 cm³/mol. The van der Waals surface area contributed by atoms with Crippen LogP contribution in [0.15, 0.2) is 79.0 Å². The number of hydrogen-bond acceptors (Lipinski definition) is 6. The summed E-state index contributed by atoms with van der Waals surface area (Å²) in [5.41, 5.74) is 3.11. The van der Waals surface area contributed by atoms with Gasteiger partial charge >= 0.3 is 0 Å². The number of aromatic hydroxyl groups is 1. The van der Waals surface area contributed by atoms with Gasteiger partial charge in [-0.1, -0.05) is 24.3 Å². The van der Waals surface area contributed by atoms with Crippen LogP contribution in [0.1, 0.15) is 27.1 Å². The third-order valence-electron chi connectivity index (χ3n) is 6.60. The van der Waals surface area contributed by atoms with E-state index in [0.717, 1.165) is 49.2 Å². The van der Waals surface area contributed by atoms with Crippen molar-refractivity contribution in [2.45, 2.75) is 6.42 Å². The second-order valence-corrected chi connectivity index (χ2v) is 9.22. The molecule has 2 heterocycles. The van der Waals surface area contributed by atoms with Crippen molar-refractivity contribution in [2.24, 2.45) is 0 Å². The fourth-order valence-electron chi connectivity index (χ4n) is 4.48. The van der Waals surface area contributed by atoms with Crippen molar-refractivity contribution in [3.05, 3.63) is 90.1 Å². The molecular formula is C29H30ClN5O3. The zero-order chi connectivity index (χ0) is 25.8. The van der Waals surface area contributed by atoms with Gasteiger partial charge in [0.05, 0.1) is 16.8 Å². The molecule has 196 valence electrons. The number of phenolic OH excluding ortho intramolecular Hbond substituents is 1. The van der Waals surface area contributed by atoms with Crippen LogP contribution in [0.3, 0.4) is 0 Å². The fourth-order valence-corrected chi connectivity index (χ4v) is 4.48. The summed E-state index contributed by atoms with van der Waals surface area (Å²) in [6.07, 6.45) is 2.60. The van der Waals surface area contributed by atoms with Crippen LogP contribution in [-0.2, 0) is 0 Å². The van der Waals surface area contributed by atoms with E-state index in [0.29, 0.717) is 11.1 Å². The van der Waals surface area contributed by atoms with Gasteiger partial charge in [0, 0.05) is 42.5 Å². The zero-order valence-corrected chi connectivity index (χ0v) is 21.9. The summed E-state index contributed by atoms with van der Waals surface area (Å²) in [5.74, 6) is -0.925. The van der Waals surface area contributed by atoms with E-state index in [4.69, 9.17) is 0 Å². The smallest absolute Gasteiger partial charge is 0.257 e. The highest BCUT2D eigenvalue weighted by Gasteiger charge is 2.17. The van der Waals surface area contributed by atoms with E-state index >= 15 is 0 Å². The third-order valence-corrected chi connectivity index (χ3v) is 6.60. The van der Waals surface area contributed by atoms with Crippen LogP contribution in [-0.4, -0.2) is 60.0 Å². The van der Waals surface area contributed by atoms with Gasteiger partial charge in [0.1, 0.15) is 11.4 Å². The van der Waals surface area contributed by atoms with Crippen LogP contribution in [0.2, 0.25) is 0 Å². The van der Waals surface area contributed by atoms with Crippen LogP contribution in [0.25, 0.3) is 10.9 Å². The number of anilines is 3. The Labute approximate surface area is 227 Å². The Balaban J connectivity index is 0.00000336. The van der Waals surface area contributed by atoms with Gasteiger partial charge in [-0.2, -0.15) is 0 Å². The van der Waals surface area contributed by atoms with E-state index in [2.05, 4.69) is 32.5 Å². The van der Waals surface area contributed by atoms with E-state index in [-0.39, 0.29) is 35.4 Å². The topological polar surface area (TPSA) is 97.8 Å². The number of rotatable bonds is 5. The van der Waals surface area contributed by atoms with E-state index in [1.54, 1.807) is 30.3 Å². The standard InChI is InChI=1S/C29H29N5O3.ClH/c1-33-14-5-15-34(17-16-33)23-12-10-20(11-13-23)28(36)32-27-25(8-4-9-26(27)35)31-29(37)22-18-21-6-2-3-7-24(21)30-19-22;/h2-4,6-13,18-19,35H,5,14-17H2,1H3,(H,31,37)(H,32,36);1H. The van der Waals surface area contributed by atoms with E-state index in [9.17, 15) is 14.7 Å². The van der Waals surface area contributed by atoms with Crippen LogP contribution in [0, 0.1) is 0 Å². The highest BCUT2D eigenvalue weighted by Crippen LogP contribution is 2.32. The SMILES string of the molecule is CN1CCCN(c2ccc(C(=O)Nc3c(O)cccc3NC(=O)c3cnc4ccccc4c3)cc2)CC1.Cl. The van der Waals surface area contributed by atoms with Gasteiger partial charge in [0.2, 0.25) is 0 Å². The molecule has 1 aromatic heterocycles. The van der Waals surface area contributed by atoms with Crippen molar-refractivity contribution in [3.8, 4) is 5.75 Å². The number of likely N-dealkylation sites (N-methyl/N-ethyl adjacent to an activating group) is 1. The van der Waals surface area contributed by atoms with Gasteiger partial charge in [0.15, 0.2) is 0 Å². The molecule has 0 unspecified atom stereocenters. The lowest BCUT2D eigenvalue weighted by Gasteiger charge is -2.23. The highest BCUT2D eigenvalue weighted by molar-refractivity contribution is 6.11. The average Bonchev–Trinajstić information content (AvgIpc) is 3.14. The minimum absolute atomic E-state index is 0. The zero-order valence-electron chi connectivity index (χ0n) is 21.1. The predicted octanol–water partition coefficient (Wildman–Crippen LogP) is 5.01. The van der Waals surface area contributed by atoms with Gasteiger partial charge < -0.3 is 25.5 Å². The molecule has 5 rings (SSSR count). The van der Waals surface area contributed by atoms with Gasteiger partial charge in [-0.3, -0.25) is 14.6 Å². The normalized spacial score (nSPS) is 13.9. The number of halogens is 1. The molecule has 1 fully saturated rings. The van der Waals surface area contributed by atoms with Gasteiger partial charge in [0.25, 0.3) is 11.8 Å². The molecule has 4 aromatic rings. The van der Waals surface area contributed by atoms with Crippen molar-refractivity contribution in [1.82, 2.24) is 9.88 Å². The molecule has 0 radical (unpaired) electrons. The Morgan fingerprint density at radius 3 is 2.42 bits per heavy atom. The molecule has 0 spiro atoms. The van der Waals surface area contributed by atoms with Crippen molar-refractivity contribution >= 4 is 52.2 Å². The van der Waals surface area contributed by atoms with Gasteiger partial charge in [-0.05, 0) is 68.5 Å². The maximum absolute atomic E-state index is 13.0. The first-order valence-corrected chi connectivity index (χ1v) is 12.3. The number of fused-ring (bicyclic) bond motifs is 1. The lowest BCUT2D eigenvalue weighted by molar-refractivity contribution is 0.101. The number of aromatic nitrogens is 1. The first kappa shape index (κ1) is 26.9. The molecule has 0 atom stereocenters. The summed E-state index contributed by atoms with van der Waals surface area (Å²) in [6, 6.07) is 21.4. The molecule has 0 aliphatic carbocycles. The van der Waals surface area contributed by atoms with E-state index in [1.165, 1.54) is 12.3 Å². The van der Waals surface area contributed by atoms with Crippen LogP contribution in [0.5, 0.6) is 5.75 Å². The van der Waals surface area contributed by atoms with Crippen LogP contribution < -0.4 is 15.5 Å². The molecule has 3 aromatic carbocycles. The summed E-state index contributed by atoms with van der Waals surface area (Å²) in [7, 11) is 2.13. The summed E-state index contributed by atoms with van der Waals surface area (Å²) in [4.78, 5) is 35.0. The number of carbonyl (C=O) groups is 2. The average molecular weight is 532 g/mol. The molecule has 2 amide bonds. The number of phenols is 1. The molecular weight excluding hydrogens is 502 g/mol. The number of pyridine rings is 1. The van der Waals surface area contributed by atoms with Crippen molar-refractivity contribution in [3.63, 3.8) is 0 Å². The molecule has 3 N–H and O–H groups in total. The largest absolute Gasteiger partial charge is 0.506 e. The molecule has 38 heavy (non-hydrogen) atoms. The Hall–Kier alpha value is -4.14. The fraction of sp³-hybridized carbons (Fsp3) is 0.207. The Bertz CT molecular complexity index is 1440. The molecule has 0 bridgehead atoms. The van der Waals surface area contributed by atoms with Gasteiger partial charge in [-0.25, -0.2) is 0 Å². The number of amides is 2. The maximum Gasteiger partial charge on any atom is 0.257 e. The summed E-state index contributed by atoms with van der Waals surface area (Å²) in [6.45, 7) is 3.99. The van der Waals surface area contributed by atoms with E-state index < -0.39 is 5.91 Å². The highest BCUT2D eigenvalue weighted by atomic mass is 35.5. The Morgan fingerprint density at radius 1 is 0.842 bits per heavy atom. The number of carbonyl (C=O) groups excluding carboxylic acids is 2. The quantitative estimate of drug-likeness (QED) is 0.313. The number of nitrogens with zero attached hydrogens (tertiary/aromatic N) is 3. The lowest BCUT2D eigenvalue weighted by atomic mass is 10.1. The third kappa shape index (κ3) is 6.04. The molecule has 9 heteroatoms. The van der Waals surface area contributed by atoms with Crippen molar-refractivity contribution < 1.29 is 14.7 Å². The monoisotopic (exact) mass is 531 g/mol. The number of benzene rings is 3. The number of para-hydroxylation sites is 2. The van der Waals surface area contributed by atoms with Crippen LogP contribution >= 0.6 is 12.4 Å². The first-order valence-electron chi connectivity index (χ1n) is 12.3. The van der Waals surface area contributed by atoms with Crippen molar-refractivity contribution in [2.75, 3.05) is 48.8 Å². The minimum atomic E-state index is -0.396. The maximum atomic E-state index is 13.0. The summed E-state index contributed by atoms with van der Waals surface area (Å²) >= 11 is 0.